The summed E-state index contributed by atoms with van der Waals surface area (Å²) in [6.45, 7) is 7.88. The van der Waals surface area contributed by atoms with Gasteiger partial charge < -0.3 is 15.0 Å². The summed E-state index contributed by atoms with van der Waals surface area (Å²) < 4.78 is 31.8. The van der Waals surface area contributed by atoms with Crippen LogP contribution in [0.3, 0.4) is 0 Å². The minimum absolute atomic E-state index is 0.134. The second kappa shape index (κ2) is 12.6. The van der Waals surface area contributed by atoms with Crippen molar-refractivity contribution < 1.29 is 22.7 Å². The van der Waals surface area contributed by atoms with Gasteiger partial charge in [-0.2, -0.15) is 0 Å². The summed E-state index contributed by atoms with van der Waals surface area (Å²) in [5.41, 5.74) is 2.24. The van der Waals surface area contributed by atoms with Crippen LogP contribution < -0.4 is 14.4 Å². The lowest BCUT2D eigenvalue weighted by Crippen LogP contribution is -2.52. The molecule has 0 aliphatic heterocycles. The van der Waals surface area contributed by atoms with Gasteiger partial charge in [0.15, 0.2) is 0 Å². The molecule has 0 unspecified atom stereocenters. The molecule has 0 heterocycles. The van der Waals surface area contributed by atoms with Crippen LogP contribution in [-0.2, 0) is 26.2 Å². The molecular weight excluding hydrogens is 466 g/mol. The Morgan fingerprint density at radius 3 is 2.23 bits per heavy atom. The van der Waals surface area contributed by atoms with Crippen molar-refractivity contribution in [3.63, 3.8) is 0 Å². The first-order valence-corrected chi connectivity index (χ1v) is 13.6. The Hall–Kier alpha value is -3.07. The fourth-order valence-corrected chi connectivity index (χ4v) is 4.67. The monoisotopic (exact) mass is 503 g/mol. The van der Waals surface area contributed by atoms with Crippen molar-refractivity contribution in [2.24, 2.45) is 0 Å². The maximum atomic E-state index is 13.6. The van der Waals surface area contributed by atoms with Crippen molar-refractivity contribution in [1.29, 1.82) is 0 Å². The average molecular weight is 504 g/mol. The van der Waals surface area contributed by atoms with Gasteiger partial charge in [-0.15, -0.1) is 0 Å². The second-order valence-electron chi connectivity index (χ2n) is 8.71. The van der Waals surface area contributed by atoms with Gasteiger partial charge in [0.25, 0.3) is 0 Å². The van der Waals surface area contributed by atoms with E-state index >= 15 is 0 Å². The van der Waals surface area contributed by atoms with Crippen LogP contribution in [-0.4, -0.2) is 57.6 Å². The number of methoxy groups -OCH3 is 1. The molecule has 0 bridgehead atoms. The lowest BCUT2D eigenvalue weighted by molar-refractivity contribution is -0.140. The van der Waals surface area contributed by atoms with E-state index in [1.165, 1.54) is 4.90 Å². The number of hydrogen-bond donors (Lipinski definition) is 1. The number of carbonyl (C=O) groups excluding carboxylic acids is 2. The predicted octanol–water partition coefficient (Wildman–Crippen LogP) is 3.53. The maximum absolute atomic E-state index is 13.6. The number of nitrogens with one attached hydrogen (secondary N) is 1. The summed E-state index contributed by atoms with van der Waals surface area (Å²) in [6, 6.07) is 13.6. The molecule has 0 saturated heterocycles. The van der Waals surface area contributed by atoms with Gasteiger partial charge in [-0.3, -0.25) is 13.9 Å². The van der Waals surface area contributed by atoms with Crippen molar-refractivity contribution in [2.75, 3.05) is 30.8 Å². The van der Waals surface area contributed by atoms with Crippen molar-refractivity contribution in [3.8, 4) is 5.75 Å². The Bertz CT molecular complexity index is 1100. The maximum Gasteiger partial charge on any atom is 0.244 e. The zero-order chi connectivity index (χ0) is 26.2. The van der Waals surface area contributed by atoms with E-state index in [4.69, 9.17) is 4.74 Å². The molecule has 1 N–H and O–H groups in total. The number of amides is 2. The number of nitrogens with zero attached hydrogens (tertiary/aromatic N) is 2. The third-order valence-corrected chi connectivity index (χ3v) is 6.89. The molecule has 192 valence electrons. The number of anilines is 1. The van der Waals surface area contributed by atoms with Crippen molar-refractivity contribution in [1.82, 2.24) is 10.2 Å². The minimum atomic E-state index is -3.76. The number of sulfonamides is 1. The molecule has 0 aliphatic rings. The van der Waals surface area contributed by atoms with Crippen molar-refractivity contribution in [2.45, 2.75) is 52.6 Å². The zero-order valence-electron chi connectivity index (χ0n) is 21.4. The Morgan fingerprint density at radius 2 is 1.71 bits per heavy atom. The quantitative estimate of drug-likeness (QED) is 0.478. The second-order valence-corrected chi connectivity index (χ2v) is 10.6. The fraction of sp³-hybridized carbons (Fsp3) is 0.462. The molecule has 0 aliphatic carbocycles. The molecule has 0 radical (unpaired) electrons. The molecule has 2 amide bonds. The summed E-state index contributed by atoms with van der Waals surface area (Å²) in [6.07, 6.45) is 1.45. The first-order valence-electron chi connectivity index (χ1n) is 11.8. The lowest BCUT2D eigenvalue weighted by Gasteiger charge is -2.33. The summed E-state index contributed by atoms with van der Waals surface area (Å²) in [5, 5.41) is 2.78. The van der Waals surface area contributed by atoms with Crippen LogP contribution in [0, 0.1) is 0 Å². The summed E-state index contributed by atoms with van der Waals surface area (Å²) in [7, 11) is -2.21. The molecule has 2 rings (SSSR count). The zero-order valence-corrected chi connectivity index (χ0v) is 22.3. The average Bonchev–Trinajstić information content (AvgIpc) is 2.82. The predicted molar refractivity (Wildman–Crippen MR) is 139 cm³/mol. The summed E-state index contributed by atoms with van der Waals surface area (Å²) >= 11 is 0. The third kappa shape index (κ3) is 7.71. The standard InChI is InChI=1S/C26H37N3O5S/c1-7-24(26(31)27-8-2)28(17-20-10-9-11-23(16-20)34-5)25(30)18-29(35(6,32)33)22-14-12-21(13-15-22)19(3)4/h9-16,19,24H,7-8,17-18H2,1-6H3,(H,27,31)/t24-/m0/s1. The first kappa shape index (κ1) is 28.2. The van der Waals surface area contributed by atoms with Crippen LogP contribution in [0.1, 0.15) is 51.2 Å². The largest absolute Gasteiger partial charge is 0.497 e. The number of benzene rings is 2. The van der Waals surface area contributed by atoms with Crippen molar-refractivity contribution >= 4 is 27.5 Å². The SMILES string of the molecule is CCNC(=O)[C@H](CC)N(Cc1cccc(OC)c1)C(=O)CN(c1ccc(C(C)C)cc1)S(C)(=O)=O. The summed E-state index contributed by atoms with van der Waals surface area (Å²) in [4.78, 5) is 27.9. The van der Waals surface area contributed by atoms with Crippen LogP contribution in [0.2, 0.25) is 0 Å². The molecule has 0 aromatic heterocycles. The normalized spacial score (nSPS) is 12.2. The van der Waals surface area contributed by atoms with Gasteiger partial charge in [-0.25, -0.2) is 8.42 Å². The number of hydrogen-bond acceptors (Lipinski definition) is 5. The van der Waals surface area contributed by atoms with Crippen molar-refractivity contribution in [3.05, 3.63) is 59.7 Å². The topological polar surface area (TPSA) is 96.0 Å². The van der Waals surface area contributed by atoms with E-state index in [0.717, 1.165) is 21.7 Å². The highest BCUT2D eigenvalue weighted by molar-refractivity contribution is 7.92. The number of ether oxygens (including phenoxy) is 1. The van der Waals surface area contributed by atoms with Crippen LogP contribution >= 0.6 is 0 Å². The van der Waals surface area contributed by atoms with E-state index in [9.17, 15) is 18.0 Å². The van der Waals surface area contributed by atoms with E-state index in [1.807, 2.05) is 38.1 Å². The van der Waals surface area contributed by atoms with Crippen LogP contribution in [0.5, 0.6) is 5.75 Å². The molecule has 8 nitrogen and oxygen atoms in total. The van der Waals surface area contributed by atoms with Gasteiger partial charge in [-0.05, 0) is 54.7 Å². The van der Waals surface area contributed by atoms with Gasteiger partial charge in [0, 0.05) is 13.1 Å². The molecule has 1 atom stereocenters. The highest BCUT2D eigenvalue weighted by Gasteiger charge is 2.31. The molecule has 2 aromatic carbocycles. The van der Waals surface area contributed by atoms with Gasteiger partial charge in [-0.1, -0.05) is 45.0 Å². The smallest absolute Gasteiger partial charge is 0.244 e. The van der Waals surface area contributed by atoms with E-state index < -0.39 is 28.5 Å². The highest BCUT2D eigenvalue weighted by atomic mass is 32.2. The molecule has 0 fully saturated rings. The molecule has 35 heavy (non-hydrogen) atoms. The highest BCUT2D eigenvalue weighted by Crippen LogP contribution is 2.23. The molecule has 0 saturated carbocycles. The van der Waals surface area contributed by atoms with E-state index in [0.29, 0.717) is 24.4 Å². The first-order chi connectivity index (χ1) is 16.5. The molecule has 2 aromatic rings. The summed E-state index contributed by atoms with van der Waals surface area (Å²) in [5.74, 6) is 0.171. The number of likely N-dealkylation sites (N-methyl/N-ethyl adjacent to an activating group) is 1. The van der Waals surface area contributed by atoms with E-state index in [2.05, 4.69) is 19.2 Å². The molecule has 9 heteroatoms. The minimum Gasteiger partial charge on any atom is -0.497 e. The number of carbonyl (C=O) groups is 2. The molecule has 0 spiro atoms. The van der Waals surface area contributed by atoms with E-state index in [1.54, 1.807) is 31.4 Å². The number of rotatable bonds is 12. The third-order valence-electron chi connectivity index (χ3n) is 5.75. The molecular formula is C26H37N3O5S. The Balaban J connectivity index is 2.43. The van der Waals surface area contributed by atoms with Gasteiger partial charge in [0.2, 0.25) is 21.8 Å². The lowest BCUT2D eigenvalue weighted by atomic mass is 10.0. The van der Waals surface area contributed by atoms with Gasteiger partial charge >= 0.3 is 0 Å². The van der Waals surface area contributed by atoms with Crippen LogP contribution in [0.25, 0.3) is 0 Å². The Labute approximate surface area is 209 Å². The van der Waals surface area contributed by atoms with E-state index in [-0.39, 0.29) is 18.4 Å². The van der Waals surface area contributed by atoms with Gasteiger partial charge in [0.1, 0.15) is 18.3 Å². The van der Waals surface area contributed by atoms with Crippen LogP contribution in [0.4, 0.5) is 5.69 Å². The Morgan fingerprint density at radius 1 is 1.06 bits per heavy atom. The van der Waals surface area contributed by atoms with Crippen LogP contribution in [0.15, 0.2) is 48.5 Å². The fourth-order valence-electron chi connectivity index (χ4n) is 3.82. The van der Waals surface area contributed by atoms with Gasteiger partial charge in [0.05, 0.1) is 19.1 Å². The Kier molecular flexibility index (Phi) is 10.1.